The minimum atomic E-state index is -2.43. The Balaban J connectivity index is 3.23. The fraction of sp³-hybridized carbons (Fsp3) is 0.750. The van der Waals surface area contributed by atoms with E-state index in [2.05, 4.69) is 0 Å². The topological polar surface area (TPSA) is 20.3 Å². The van der Waals surface area contributed by atoms with Crippen molar-refractivity contribution >= 4 is 6.41 Å². The van der Waals surface area contributed by atoms with Crippen molar-refractivity contribution in [2.45, 2.75) is 6.43 Å². The first-order valence-corrected chi connectivity index (χ1v) is 2.10. The summed E-state index contributed by atoms with van der Waals surface area (Å²) in [5, 5.41) is 0. The normalized spacial score (nSPS) is 9.50. The van der Waals surface area contributed by atoms with Crippen molar-refractivity contribution in [1.82, 2.24) is 4.90 Å². The number of hydrogen-bond acceptors (Lipinski definition) is 1. The van der Waals surface area contributed by atoms with Gasteiger partial charge in [0.1, 0.15) is 0 Å². The van der Waals surface area contributed by atoms with E-state index in [0.717, 1.165) is 4.90 Å². The number of carbonyl (C=O) groups is 1. The molecule has 0 aromatic heterocycles. The van der Waals surface area contributed by atoms with Crippen molar-refractivity contribution < 1.29 is 13.6 Å². The van der Waals surface area contributed by atoms with Crippen LogP contribution in [-0.2, 0) is 4.79 Å². The van der Waals surface area contributed by atoms with Crippen LogP contribution in [0.5, 0.6) is 0 Å². The average molecular weight is 123 g/mol. The van der Waals surface area contributed by atoms with E-state index in [9.17, 15) is 13.6 Å². The molecule has 8 heavy (non-hydrogen) atoms. The number of amides is 1. The first-order chi connectivity index (χ1) is 3.66. The molecule has 0 heterocycles. The van der Waals surface area contributed by atoms with Crippen LogP contribution in [0.15, 0.2) is 0 Å². The van der Waals surface area contributed by atoms with Crippen LogP contribution in [0.4, 0.5) is 8.78 Å². The maximum Gasteiger partial charge on any atom is 0.255 e. The molecular formula is C4H7F2NO. The molecule has 0 aromatic carbocycles. The first-order valence-electron chi connectivity index (χ1n) is 2.10. The molecule has 0 radical (unpaired) electrons. The summed E-state index contributed by atoms with van der Waals surface area (Å²) in [7, 11) is 1.30. The molecule has 2 nitrogen and oxygen atoms in total. The molecule has 0 atom stereocenters. The van der Waals surface area contributed by atoms with Gasteiger partial charge in [0.2, 0.25) is 6.41 Å². The van der Waals surface area contributed by atoms with Crippen molar-refractivity contribution in [2.75, 3.05) is 13.6 Å². The fourth-order valence-electron chi connectivity index (χ4n) is 0.261. The average Bonchev–Trinajstić information content (AvgIpc) is 1.65. The van der Waals surface area contributed by atoms with Crippen LogP contribution in [0.25, 0.3) is 0 Å². The fourth-order valence-corrected chi connectivity index (χ4v) is 0.261. The van der Waals surface area contributed by atoms with Crippen molar-refractivity contribution in [3.8, 4) is 0 Å². The highest BCUT2D eigenvalue weighted by Gasteiger charge is 2.03. The largest absolute Gasteiger partial charge is 0.343 e. The molecule has 0 aliphatic heterocycles. The van der Waals surface area contributed by atoms with E-state index in [4.69, 9.17) is 0 Å². The maximum atomic E-state index is 11.3. The van der Waals surface area contributed by atoms with Crippen molar-refractivity contribution in [3.05, 3.63) is 0 Å². The lowest BCUT2D eigenvalue weighted by Gasteiger charge is -2.07. The van der Waals surface area contributed by atoms with Crippen LogP contribution in [-0.4, -0.2) is 31.3 Å². The molecule has 0 spiro atoms. The van der Waals surface area contributed by atoms with E-state index in [-0.39, 0.29) is 0 Å². The Hall–Kier alpha value is -0.670. The van der Waals surface area contributed by atoms with Gasteiger partial charge in [-0.15, -0.1) is 0 Å². The number of alkyl halides is 2. The molecule has 0 rings (SSSR count). The molecule has 48 valence electrons. The number of hydrogen-bond donors (Lipinski definition) is 0. The number of rotatable bonds is 3. The van der Waals surface area contributed by atoms with Gasteiger partial charge in [0.15, 0.2) is 0 Å². The van der Waals surface area contributed by atoms with Crippen molar-refractivity contribution in [3.63, 3.8) is 0 Å². The zero-order valence-electron chi connectivity index (χ0n) is 4.47. The molecule has 0 saturated heterocycles. The third-order valence-corrected chi connectivity index (χ3v) is 0.606. The third-order valence-electron chi connectivity index (χ3n) is 0.606. The highest BCUT2D eigenvalue weighted by atomic mass is 19.3. The second-order valence-corrected chi connectivity index (χ2v) is 1.44. The van der Waals surface area contributed by atoms with Gasteiger partial charge in [0, 0.05) is 7.05 Å². The number of nitrogens with zero attached hydrogens (tertiary/aromatic N) is 1. The van der Waals surface area contributed by atoms with Crippen LogP contribution >= 0.6 is 0 Å². The second-order valence-electron chi connectivity index (χ2n) is 1.44. The highest BCUT2D eigenvalue weighted by Crippen LogP contribution is 1.91. The predicted molar refractivity (Wildman–Crippen MR) is 24.7 cm³/mol. The van der Waals surface area contributed by atoms with Crippen LogP contribution in [0, 0.1) is 0 Å². The Bertz CT molecular complexity index is 76.4. The molecule has 0 aromatic rings. The summed E-state index contributed by atoms with van der Waals surface area (Å²) in [4.78, 5) is 10.5. The van der Waals surface area contributed by atoms with E-state index in [1.54, 1.807) is 0 Å². The second kappa shape index (κ2) is 3.35. The maximum absolute atomic E-state index is 11.3. The van der Waals surface area contributed by atoms with Gasteiger partial charge in [-0.1, -0.05) is 0 Å². The van der Waals surface area contributed by atoms with Gasteiger partial charge in [-0.2, -0.15) is 0 Å². The Kier molecular flexibility index (Phi) is 3.07. The number of halogens is 2. The smallest absolute Gasteiger partial charge is 0.255 e. The summed E-state index contributed by atoms with van der Waals surface area (Å²) in [6.45, 7) is -0.483. The Morgan fingerprint density at radius 1 is 1.75 bits per heavy atom. The van der Waals surface area contributed by atoms with E-state index in [1.807, 2.05) is 0 Å². The molecule has 1 amide bonds. The molecule has 4 heteroatoms. The molecule has 0 aliphatic rings. The lowest BCUT2D eigenvalue weighted by Crippen LogP contribution is -2.22. The Morgan fingerprint density at radius 3 is 2.38 bits per heavy atom. The van der Waals surface area contributed by atoms with Gasteiger partial charge < -0.3 is 4.90 Å². The molecule has 0 N–H and O–H groups in total. The Labute approximate surface area is 46.1 Å². The van der Waals surface area contributed by atoms with Gasteiger partial charge >= 0.3 is 0 Å². The minimum Gasteiger partial charge on any atom is -0.343 e. The minimum absolute atomic E-state index is 0.367. The van der Waals surface area contributed by atoms with E-state index < -0.39 is 13.0 Å². The van der Waals surface area contributed by atoms with Crippen molar-refractivity contribution in [2.24, 2.45) is 0 Å². The summed E-state index contributed by atoms with van der Waals surface area (Å²) in [6.07, 6.45) is -2.06. The lowest BCUT2D eigenvalue weighted by molar-refractivity contribution is -0.118. The summed E-state index contributed by atoms with van der Waals surface area (Å²) in [5.74, 6) is 0. The lowest BCUT2D eigenvalue weighted by atomic mass is 10.6. The van der Waals surface area contributed by atoms with Crippen molar-refractivity contribution in [1.29, 1.82) is 0 Å². The molecular weight excluding hydrogens is 116 g/mol. The summed E-state index contributed by atoms with van der Waals surface area (Å²) in [5.41, 5.74) is 0. The molecule has 0 aliphatic carbocycles. The number of carbonyl (C=O) groups excluding carboxylic acids is 1. The van der Waals surface area contributed by atoms with Crippen LogP contribution < -0.4 is 0 Å². The van der Waals surface area contributed by atoms with Crippen LogP contribution in [0.2, 0.25) is 0 Å². The van der Waals surface area contributed by atoms with Gasteiger partial charge in [-0.25, -0.2) is 8.78 Å². The van der Waals surface area contributed by atoms with E-state index in [1.165, 1.54) is 7.05 Å². The summed E-state index contributed by atoms with van der Waals surface area (Å²) in [6, 6.07) is 0. The van der Waals surface area contributed by atoms with E-state index >= 15 is 0 Å². The SMILES string of the molecule is CN(C=O)CC(F)F. The molecule has 0 unspecified atom stereocenters. The molecule has 0 fully saturated rings. The zero-order chi connectivity index (χ0) is 6.57. The van der Waals surface area contributed by atoms with E-state index in [0.29, 0.717) is 6.41 Å². The van der Waals surface area contributed by atoms with Crippen LogP contribution in [0.1, 0.15) is 0 Å². The van der Waals surface area contributed by atoms with Gasteiger partial charge in [-0.05, 0) is 0 Å². The monoisotopic (exact) mass is 123 g/mol. The van der Waals surface area contributed by atoms with Gasteiger partial charge in [0.25, 0.3) is 6.43 Å². The standard InChI is InChI=1S/C4H7F2NO/c1-7(3-8)2-4(5)6/h3-4H,2H2,1H3. The predicted octanol–water partition coefficient (Wildman–Crippen LogP) is 0.340. The third kappa shape index (κ3) is 3.52. The first kappa shape index (κ1) is 7.33. The van der Waals surface area contributed by atoms with Crippen LogP contribution in [0.3, 0.4) is 0 Å². The van der Waals surface area contributed by atoms with Gasteiger partial charge in [0.05, 0.1) is 6.54 Å². The molecule has 0 saturated carbocycles. The summed E-state index contributed by atoms with van der Waals surface area (Å²) >= 11 is 0. The van der Waals surface area contributed by atoms with Gasteiger partial charge in [-0.3, -0.25) is 4.79 Å². The zero-order valence-corrected chi connectivity index (χ0v) is 4.47. The molecule has 0 bridgehead atoms. The summed E-state index contributed by atoms with van der Waals surface area (Å²) < 4.78 is 22.5. The highest BCUT2D eigenvalue weighted by molar-refractivity contribution is 5.46. The Morgan fingerprint density at radius 2 is 2.25 bits per heavy atom. The quantitative estimate of drug-likeness (QED) is 0.495.